The first-order valence-corrected chi connectivity index (χ1v) is 6.54. The maximum absolute atomic E-state index is 6.01. The number of nitrogen functional groups attached to an aromatic ring is 1. The summed E-state index contributed by atoms with van der Waals surface area (Å²) in [5.41, 5.74) is 9.36. The third-order valence-corrected chi connectivity index (χ3v) is 3.24. The van der Waals surface area contributed by atoms with Gasteiger partial charge in [-0.05, 0) is 49.7 Å². The van der Waals surface area contributed by atoms with Gasteiger partial charge in [0, 0.05) is 16.8 Å². The number of aryl methyl sites for hydroxylation is 2. The molecule has 20 heavy (non-hydrogen) atoms. The summed E-state index contributed by atoms with van der Waals surface area (Å²) >= 11 is 0. The van der Waals surface area contributed by atoms with E-state index >= 15 is 0 Å². The number of nitrogens with zero attached hydrogens (tertiary/aromatic N) is 1. The summed E-state index contributed by atoms with van der Waals surface area (Å²) in [6.45, 7) is 3.96. The Morgan fingerprint density at radius 3 is 2.60 bits per heavy atom. The zero-order valence-corrected chi connectivity index (χ0v) is 11.6. The van der Waals surface area contributed by atoms with E-state index in [-0.39, 0.29) is 0 Å². The van der Waals surface area contributed by atoms with E-state index in [0.717, 1.165) is 39.3 Å². The van der Waals surface area contributed by atoms with Crippen molar-refractivity contribution in [3.63, 3.8) is 0 Å². The van der Waals surface area contributed by atoms with Gasteiger partial charge >= 0.3 is 0 Å². The average Bonchev–Trinajstić information content (AvgIpc) is 2.42. The Morgan fingerprint density at radius 1 is 0.950 bits per heavy atom. The molecule has 0 fully saturated rings. The van der Waals surface area contributed by atoms with Gasteiger partial charge in [0.1, 0.15) is 11.3 Å². The predicted molar refractivity (Wildman–Crippen MR) is 82.1 cm³/mol. The molecule has 3 nitrogen and oxygen atoms in total. The van der Waals surface area contributed by atoms with Crippen LogP contribution in [-0.4, -0.2) is 4.98 Å². The fraction of sp³-hybridized carbons (Fsp3) is 0.118. The lowest BCUT2D eigenvalue weighted by Gasteiger charge is -2.11. The van der Waals surface area contributed by atoms with Crippen LogP contribution in [0.1, 0.15) is 11.3 Å². The van der Waals surface area contributed by atoms with Crippen LogP contribution in [0.3, 0.4) is 0 Å². The molecule has 0 saturated heterocycles. The first-order chi connectivity index (χ1) is 9.63. The molecule has 2 N–H and O–H groups in total. The number of para-hydroxylation sites is 1. The van der Waals surface area contributed by atoms with Crippen molar-refractivity contribution in [2.75, 3.05) is 5.73 Å². The van der Waals surface area contributed by atoms with Gasteiger partial charge in [-0.25, -0.2) is 4.98 Å². The van der Waals surface area contributed by atoms with E-state index in [9.17, 15) is 0 Å². The summed E-state index contributed by atoms with van der Waals surface area (Å²) in [6.07, 6.45) is 0. The molecule has 1 aromatic heterocycles. The number of anilines is 1. The smallest absolute Gasteiger partial charge is 0.153 e. The van der Waals surface area contributed by atoms with Gasteiger partial charge in [-0.3, -0.25) is 0 Å². The Bertz CT molecular complexity index is 781. The molecule has 0 saturated carbocycles. The van der Waals surface area contributed by atoms with Crippen molar-refractivity contribution in [2.24, 2.45) is 0 Å². The van der Waals surface area contributed by atoms with Crippen LogP contribution in [0, 0.1) is 13.8 Å². The van der Waals surface area contributed by atoms with E-state index in [4.69, 9.17) is 10.5 Å². The van der Waals surface area contributed by atoms with Crippen LogP contribution in [0.4, 0.5) is 5.69 Å². The standard InChI is InChI=1S/C17H16N2O/c1-11-10-14(18)8-9-15(11)20-16-5-3-4-13-7-6-12(2)19-17(13)16/h3-10H,18H2,1-2H3. The molecular formula is C17H16N2O. The number of ether oxygens (including phenoxy) is 1. The fourth-order valence-corrected chi connectivity index (χ4v) is 2.21. The summed E-state index contributed by atoms with van der Waals surface area (Å²) in [7, 11) is 0. The topological polar surface area (TPSA) is 48.1 Å². The third kappa shape index (κ3) is 2.30. The van der Waals surface area contributed by atoms with Gasteiger partial charge in [-0.1, -0.05) is 18.2 Å². The number of pyridine rings is 1. The molecule has 0 aliphatic heterocycles. The lowest BCUT2D eigenvalue weighted by atomic mass is 10.2. The molecule has 0 spiro atoms. The van der Waals surface area contributed by atoms with E-state index in [2.05, 4.69) is 11.1 Å². The molecular weight excluding hydrogens is 248 g/mol. The predicted octanol–water partition coefficient (Wildman–Crippen LogP) is 4.23. The molecule has 0 atom stereocenters. The fourth-order valence-electron chi connectivity index (χ4n) is 2.21. The maximum atomic E-state index is 6.01. The Labute approximate surface area is 118 Å². The molecule has 0 amide bonds. The second-order valence-corrected chi connectivity index (χ2v) is 4.91. The van der Waals surface area contributed by atoms with Gasteiger partial charge < -0.3 is 10.5 Å². The highest BCUT2D eigenvalue weighted by molar-refractivity contribution is 5.84. The monoisotopic (exact) mass is 264 g/mol. The Hall–Kier alpha value is -2.55. The van der Waals surface area contributed by atoms with Crippen molar-refractivity contribution in [3.8, 4) is 11.5 Å². The second kappa shape index (κ2) is 4.85. The van der Waals surface area contributed by atoms with Crippen LogP contribution < -0.4 is 10.5 Å². The molecule has 3 heteroatoms. The molecule has 0 unspecified atom stereocenters. The second-order valence-electron chi connectivity index (χ2n) is 4.91. The first-order valence-electron chi connectivity index (χ1n) is 6.54. The van der Waals surface area contributed by atoms with Crippen LogP contribution in [0.2, 0.25) is 0 Å². The summed E-state index contributed by atoms with van der Waals surface area (Å²) in [6, 6.07) is 15.6. The van der Waals surface area contributed by atoms with Crippen molar-refractivity contribution in [3.05, 3.63) is 59.8 Å². The van der Waals surface area contributed by atoms with Gasteiger partial charge in [0.15, 0.2) is 5.75 Å². The highest BCUT2D eigenvalue weighted by Crippen LogP contribution is 2.31. The van der Waals surface area contributed by atoms with Gasteiger partial charge in [-0.2, -0.15) is 0 Å². The number of hydrogen-bond acceptors (Lipinski definition) is 3. The minimum absolute atomic E-state index is 0.738. The van der Waals surface area contributed by atoms with E-state index in [1.807, 2.05) is 56.3 Å². The number of rotatable bonds is 2. The van der Waals surface area contributed by atoms with Crippen LogP contribution in [-0.2, 0) is 0 Å². The van der Waals surface area contributed by atoms with E-state index in [1.165, 1.54) is 0 Å². The van der Waals surface area contributed by atoms with E-state index < -0.39 is 0 Å². The van der Waals surface area contributed by atoms with Crippen LogP contribution in [0.5, 0.6) is 11.5 Å². The molecule has 100 valence electrons. The number of benzene rings is 2. The van der Waals surface area contributed by atoms with Gasteiger partial charge in [0.2, 0.25) is 0 Å². The van der Waals surface area contributed by atoms with Gasteiger partial charge in [-0.15, -0.1) is 0 Å². The first kappa shape index (κ1) is 12.5. The van der Waals surface area contributed by atoms with E-state index in [1.54, 1.807) is 0 Å². The van der Waals surface area contributed by atoms with Gasteiger partial charge in [0.05, 0.1) is 0 Å². The van der Waals surface area contributed by atoms with Crippen molar-refractivity contribution >= 4 is 16.6 Å². The SMILES string of the molecule is Cc1ccc2cccc(Oc3ccc(N)cc3C)c2n1. The zero-order chi connectivity index (χ0) is 14.1. The van der Waals surface area contributed by atoms with Crippen molar-refractivity contribution < 1.29 is 4.74 Å². The number of nitrogens with two attached hydrogens (primary N) is 1. The minimum atomic E-state index is 0.738. The van der Waals surface area contributed by atoms with Crippen molar-refractivity contribution in [1.82, 2.24) is 4.98 Å². The zero-order valence-electron chi connectivity index (χ0n) is 11.6. The molecule has 0 aliphatic carbocycles. The summed E-state index contributed by atoms with van der Waals surface area (Å²) in [5.74, 6) is 1.56. The quantitative estimate of drug-likeness (QED) is 0.705. The number of fused-ring (bicyclic) bond motifs is 1. The molecule has 0 bridgehead atoms. The van der Waals surface area contributed by atoms with Gasteiger partial charge in [0.25, 0.3) is 0 Å². The lowest BCUT2D eigenvalue weighted by molar-refractivity contribution is 0.483. The molecule has 0 aliphatic rings. The highest BCUT2D eigenvalue weighted by Gasteiger charge is 2.07. The average molecular weight is 264 g/mol. The number of aromatic nitrogens is 1. The van der Waals surface area contributed by atoms with Crippen LogP contribution in [0.25, 0.3) is 10.9 Å². The summed E-state index contributed by atoms with van der Waals surface area (Å²) in [5, 5.41) is 1.07. The Morgan fingerprint density at radius 2 is 1.80 bits per heavy atom. The summed E-state index contributed by atoms with van der Waals surface area (Å²) < 4.78 is 6.01. The molecule has 3 aromatic rings. The summed E-state index contributed by atoms with van der Waals surface area (Å²) in [4.78, 5) is 4.57. The third-order valence-electron chi connectivity index (χ3n) is 3.24. The maximum Gasteiger partial charge on any atom is 0.153 e. The van der Waals surface area contributed by atoms with Crippen LogP contribution in [0.15, 0.2) is 48.5 Å². The molecule has 0 radical (unpaired) electrons. The molecule has 1 heterocycles. The van der Waals surface area contributed by atoms with E-state index in [0.29, 0.717) is 0 Å². The largest absolute Gasteiger partial charge is 0.455 e. The van der Waals surface area contributed by atoms with Crippen molar-refractivity contribution in [1.29, 1.82) is 0 Å². The Balaban J connectivity index is 2.08. The normalized spacial score (nSPS) is 10.7. The highest BCUT2D eigenvalue weighted by atomic mass is 16.5. The molecule has 2 aromatic carbocycles. The lowest BCUT2D eigenvalue weighted by Crippen LogP contribution is -1.93. The Kier molecular flexibility index (Phi) is 3.03. The molecule has 3 rings (SSSR count). The minimum Gasteiger partial charge on any atom is -0.455 e. The number of hydrogen-bond donors (Lipinski definition) is 1. The van der Waals surface area contributed by atoms with Crippen molar-refractivity contribution in [2.45, 2.75) is 13.8 Å². The van der Waals surface area contributed by atoms with Crippen LogP contribution >= 0.6 is 0 Å².